The Labute approximate surface area is 73.5 Å². The Bertz CT molecular complexity index is 268. The number of terminal acetylenes is 1. The van der Waals surface area contributed by atoms with Crippen molar-refractivity contribution in [3.8, 4) is 12.3 Å². The first-order valence-electron chi connectivity index (χ1n) is 2.82. The van der Waals surface area contributed by atoms with Crippen LogP contribution in [0, 0.1) is 12.3 Å². The Balaban J connectivity index is 2.40. The summed E-state index contributed by atoms with van der Waals surface area (Å²) in [6.07, 6.45) is 4.96. The zero-order chi connectivity index (χ0) is 8.10. The molecule has 0 fully saturated rings. The van der Waals surface area contributed by atoms with E-state index in [0.29, 0.717) is 16.6 Å². The van der Waals surface area contributed by atoms with E-state index in [0.717, 1.165) is 11.5 Å². The van der Waals surface area contributed by atoms with Gasteiger partial charge in [0.05, 0.1) is 6.61 Å². The highest BCUT2D eigenvalue weighted by molar-refractivity contribution is 7.10. The molecule has 0 spiro atoms. The van der Waals surface area contributed by atoms with Gasteiger partial charge < -0.3 is 4.74 Å². The number of rotatable bonds is 3. The lowest BCUT2D eigenvalue weighted by atomic mass is 10.5. The molecule has 0 saturated heterocycles. The lowest BCUT2D eigenvalue weighted by molar-refractivity contribution is 0.150. The van der Waals surface area contributed by atoms with Crippen LogP contribution in [-0.2, 0) is 11.3 Å². The molecule has 1 heterocycles. The lowest BCUT2D eigenvalue weighted by Gasteiger charge is -1.94. The molecule has 1 aromatic rings. The SMILES string of the molecule is C#CCOCc1nnsc1Cl. The molecule has 1 rings (SSSR count). The Morgan fingerprint density at radius 2 is 2.55 bits per heavy atom. The summed E-state index contributed by atoms with van der Waals surface area (Å²) in [4.78, 5) is 0. The second-order valence-electron chi connectivity index (χ2n) is 1.69. The summed E-state index contributed by atoms with van der Waals surface area (Å²) in [6, 6.07) is 0. The molecule has 0 unspecified atom stereocenters. The summed E-state index contributed by atoms with van der Waals surface area (Å²) in [5.41, 5.74) is 0.645. The van der Waals surface area contributed by atoms with Crippen molar-refractivity contribution in [3.63, 3.8) is 0 Å². The Kier molecular flexibility index (Phi) is 3.30. The Morgan fingerprint density at radius 3 is 3.09 bits per heavy atom. The van der Waals surface area contributed by atoms with Crippen LogP contribution in [0.25, 0.3) is 0 Å². The van der Waals surface area contributed by atoms with E-state index in [4.69, 9.17) is 22.8 Å². The molecule has 11 heavy (non-hydrogen) atoms. The van der Waals surface area contributed by atoms with Crippen molar-refractivity contribution >= 4 is 23.1 Å². The molecule has 3 nitrogen and oxygen atoms in total. The summed E-state index contributed by atoms with van der Waals surface area (Å²) in [5.74, 6) is 2.34. The largest absolute Gasteiger partial charge is 0.362 e. The molecular weight excluding hydrogens is 184 g/mol. The third kappa shape index (κ3) is 2.46. The van der Waals surface area contributed by atoms with Crippen molar-refractivity contribution in [2.75, 3.05) is 6.61 Å². The zero-order valence-electron chi connectivity index (χ0n) is 5.58. The fourth-order valence-electron chi connectivity index (χ4n) is 0.490. The molecule has 0 aromatic carbocycles. The summed E-state index contributed by atoms with van der Waals surface area (Å²) >= 11 is 6.82. The monoisotopic (exact) mass is 188 g/mol. The first-order valence-corrected chi connectivity index (χ1v) is 3.97. The van der Waals surface area contributed by atoms with Gasteiger partial charge in [-0.2, -0.15) is 0 Å². The van der Waals surface area contributed by atoms with Gasteiger partial charge in [0.2, 0.25) is 0 Å². The van der Waals surface area contributed by atoms with Gasteiger partial charge in [0, 0.05) is 11.5 Å². The van der Waals surface area contributed by atoms with Crippen LogP contribution in [-0.4, -0.2) is 16.2 Å². The van der Waals surface area contributed by atoms with Crippen molar-refractivity contribution < 1.29 is 4.74 Å². The first-order chi connectivity index (χ1) is 5.34. The maximum Gasteiger partial charge on any atom is 0.139 e. The van der Waals surface area contributed by atoms with E-state index in [9.17, 15) is 0 Å². The number of hydrogen-bond acceptors (Lipinski definition) is 4. The minimum Gasteiger partial charge on any atom is -0.362 e. The number of ether oxygens (including phenoxy) is 1. The van der Waals surface area contributed by atoms with E-state index in [-0.39, 0.29) is 6.61 Å². The van der Waals surface area contributed by atoms with Crippen LogP contribution in [0.15, 0.2) is 0 Å². The van der Waals surface area contributed by atoms with Gasteiger partial charge in [-0.1, -0.05) is 22.0 Å². The topological polar surface area (TPSA) is 35.0 Å². The fraction of sp³-hybridized carbons (Fsp3) is 0.333. The van der Waals surface area contributed by atoms with Crippen LogP contribution >= 0.6 is 23.1 Å². The average Bonchev–Trinajstić information content (AvgIpc) is 2.37. The van der Waals surface area contributed by atoms with E-state index in [1.165, 1.54) is 0 Å². The maximum atomic E-state index is 5.68. The number of halogens is 1. The standard InChI is InChI=1S/C6H5ClN2OS/c1-2-3-10-4-5-6(7)11-9-8-5/h1H,3-4H2. The number of aromatic nitrogens is 2. The van der Waals surface area contributed by atoms with Gasteiger partial charge in [0.15, 0.2) is 0 Å². The van der Waals surface area contributed by atoms with Crippen LogP contribution in [0.5, 0.6) is 0 Å². The molecule has 58 valence electrons. The molecule has 0 amide bonds. The van der Waals surface area contributed by atoms with Gasteiger partial charge in [-0.3, -0.25) is 0 Å². The smallest absolute Gasteiger partial charge is 0.139 e. The Hall–Kier alpha value is -0.630. The van der Waals surface area contributed by atoms with Gasteiger partial charge in [0.1, 0.15) is 16.6 Å². The molecule has 0 saturated carbocycles. The lowest BCUT2D eigenvalue weighted by Crippen LogP contribution is -1.93. The maximum absolute atomic E-state index is 5.68. The first kappa shape index (κ1) is 8.47. The molecule has 0 aliphatic rings. The summed E-state index contributed by atoms with van der Waals surface area (Å²) in [6.45, 7) is 0.605. The predicted octanol–water partition coefficient (Wildman–Crippen LogP) is 1.34. The van der Waals surface area contributed by atoms with E-state index in [1.807, 2.05) is 0 Å². The minimum absolute atomic E-state index is 0.272. The van der Waals surface area contributed by atoms with Gasteiger partial charge >= 0.3 is 0 Å². The van der Waals surface area contributed by atoms with Gasteiger partial charge in [0.25, 0.3) is 0 Å². The average molecular weight is 189 g/mol. The van der Waals surface area contributed by atoms with Crippen LogP contribution in [0.1, 0.15) is 5.69 Å². The molecule has 0 atom stereocenters. The molecular formula is C6H5ClN2OS. The molecule has 0 aliphatic heterocycles. The molecule has 0 bridgehead atoms. The number of hydrogen-bond donors (Lipinski definition) is 0. The van der Waals surface area contributed by atoms with Crippen LogP contribution < -0.4 is 0 Å². The zero-order valence-corrected chi connectivity index (χ0v) is 7.15. The summed E-state index contributed by atoms with van der Waals surface area (Å²) in [7, 11) is 0. The predicted molar refractivity (Wildman–Crippen MR) is 43.4 cm³/mol. The van der Waals surface area contributed by atoms with Gasteiger partial charge in [-0.25, -0.2) is 0 Å². The summed E-state index contributed by atoms with van der Waals surface area (Å²) < 4.78 is 9.18. The molecule has 0 aliphatic carbocycles. The molecule has 0 N–H and O–H groups in total. The van der Waals surface area contributed by atoms with Crippen LogP contribution in [0.4, 0.5) is 0 Å². The quantitative estimate of drug-likeness (QED) is 0.531. The van der Waals surface area contributed by atoms with Gasteiger partial charge in [-0.15, -0.1) is 11.5 Å². The van der Waals surface area contributed by atoms with Crippen LogP contribution in [0.2, 0.25) is 4.34 Å². The normalized spacial score (nSPS) is 9.45. The highest BCUT2D eigenvalue weighted by atomic mass is 35.5. The minimum atomic E-state index is 0.272. The molecule has 0 radical (unpaired) electrons. The van der Waals surface area contributed by atoms with Crippen LogP contribution in [0.3, 0.4) is 0 Å². The van der Waals surface area contributed by atoms with Crippen molar-refractivity contribution in [1.29, 1.82) is 0 Å². The highest BCUT2D eigenvalue weighted by Crippen LogP contribution is 2.17. The van der Waals surface area contributed by atoms with E-state index >= 15 is 0 Å². The van der Waals surface area contributed by atoms with Crippen molar-refractivity contribution in [2.24, 2.45) is 0 Å². The number of nitrogens with zero attached hydrogens (tertiary/aromatic N) is 2. The molecule has 1 aromatic heterocycles. The fourth-order valence-corrected chi connectivity index (χ4v) is 1.09. The van der Waals surface area contributed by atoms with E-state index in [2.05, 4.69) is 15.5 Å². The van der Waals surface area contributed by atoms with Crippen molar-refractivity contribution in [1.82, 2.24) is 9.59 Å². The molecule has 5 heteroatoms. The van der Waals surface area contributed by atoms with E-state index < -0.39 is 0 Å². The van der Waals surface area contributed by atoms with Crippen molar-refractivity contribution in [3.05, 3.63) is 10.0 Å². The van der Waals surface area contributed by atoms with Gasteiger partial charge in [-0.05, 0) is 0 Å². The third-order valence-electron chi connectivity index (χ3n) is 0.934. The summed E-state index contributed by atoms with van der Waals surface area (Å²) in [5, 5.41) is 3.73. The van der Waals surface area contributed by atoms with Crippen molar-refractivity contribution in [2.45, 2.75) is 6.61 Å². The van der Waals surface area contributed by atoms with E-state index in [1.54, 1.807) is 0 Å². The highest BCUT2D eigenvalue weighted by Gasteiger charge is 2.03. The second-order valence-corrected chi connectivity index (χ2v) is 3.05. The second kappa shape index (κ2) is 4.29. The Morgan fingerprint density at radius 1 is 1.73 bits per heavy atom. The third-order valence-corrected chi connectivity index (χ3v) is 1.92.